The third kappa shape index (κ3) is 6.08. The van der Waals surface area contributed by atoms with Crippen LogP contribution in [0.5, 0.6) is 0 Å². The number of nitrogens with zero attached hydrogens (tertiary/aromatic N) is 2. The van der Waals surface area contributed by atoms with Crippen LogP contribution in [0.25, 0.3) is 0 Å². The minimum Gasteiger partial charge on any atom is -0.380 e. The number of rotatable bonds is 10. The topological polar surface area (TPSA) is 46.9 Å². The van der Waals surface area contributed by atoms with Crippen LogP contribution in [0.4, 0.5) is 5.69 Å². The van der Waals surface area contributed by atoms with Gasteiger partial charge in [-0.3, -0.25) is 4.79 Å². The van der Waals surface area contributed by atoms with E-state index in [0.717, 1.165) is 19.3 Å². The molecule has 1 N–H and O–H groups in total. The molecule has 0 bridgehead atoms. The lowest BCUT2D eigenvalue weighted by Crippen LogP contribution is -2.26. The van der Waals surface area contributed by atoms with Crippen LogP contribution in [0, 0.1) is 0 Å². The first-order valence-electron chi connectivity index (χ1n) is 8.12. The number of aryl methyl sites for hydroxylation is 1. The molecule has 0 aliphatic carbocycles. The first-order valence-corrected chi connectivity index (χ1v) is 8.50. The van der Waals surface area contributed by atoms with Crippen LogP contribution in [0.3, 0.4) is 0 Å². The molecule has 4 nitrogen and oxygen atoms in total. The summed E-state index contributed by atoms with van der Waals surface area (Å²) in [5.41, 5.74) is 0.450. The highest BCUT2D eigenvalue weighted by atomic mass is 35.5. The minimum atomic E-state index is -0.201. The summed E-state index contributed by atoms with van der Waals surface area (Å²) in [5, 5.41) is 7.75. The zero-order chi connectivity index (χ0) is 15.7. The predicted octanol–water partition coefficient (Wildman–Crippen LogP) is 4.47. The van der Waals surface area contributed by atoms with Gasteiger partial charge in [0.2, 0.25) is 0 Å². The minimum absolute atomic E-state index is 0.201. The molecular weight excluding hydrogens is 286 g/mol. The van der Waals surface area contributed by atoms with Gasteiger partial charge in [-0.15, -0.1) is 0 Å². The molecule has 0 spiro atoms. The standard InChI is InChI=1S/C16H28ClN3O/c1-4-6-8-9-10-13(3)19-14-12-18-20(11-7-5-2)16(21)15(14)17/h12-13,19H,4-11H2,1-3H3. The summed E-state index contributed by atoms with van der Waals surface area (Å²) in [7, 11) is 0. The van der Waals surface area contributed by atoms with Crippen LogP contribution in [0.1, 0.15) is 65.7 Å². The largest absolute Gasteiger partial charge is 0.380 e. The maximum absolute atomic E-state index is 12.1. The second kappa shape index (κ2) is 9.82. The van der Waals surface area contributed by atoms with Crippen molar-refractivity contribution in [1.82, 2.24) is 9.78 Å². The van der Waals surface area contributed by atoms with Gasteiger partial charge in [0.15, 0.2) is 0 Å². The Kier molecular flexibility index (Phi) is 8.43. The van der Waals surface area contributed by atoms with Gasteiger partial charge in [-0.1, -0.05) is 57.6 Å². The molecule has 1 atom stereocenters. The molecule has 0 saturated heterocycles. The SMILES string of the molecule is CCCCCCC(C)Nc1cnn(CCCC)c(=O)c1Cl. The highest BCUT2D eigenvalue weighted by molar-refractivity contribution is 6.32. The van der Waals surface area contributed by atoms with Crippen molar-refractivity contribution in [2.24, 2.45) is 0 Å². The molecule has 0 radical (unpaired) electrons. The van der Waals surface area contributed by atoms with E-state index in [1.54, 1.807) is 6.20 Å². The van der Waals surface area contributed by atoms with Crippen LogP contribution >= 0.6 is 11.6 Å². The van der Waals surface area contributed by atoms with E-state index < -0.39 is 0 Å². The number of nitrogens with one attached hydrogen (secondary N) is 1. The maximum Gasteiger partial charge on any atom is 0.287 e. The van der Waals surface area contributed by atoms with Crippen molar-refractivity contribution in [2.45, 2.75) is 78.3 Å². The van der Waals surface area contributed by atoms with Gasteiger partial charge in [0, 0.05) is 12.6 Å². The number of anilines is 1. The van der Waals surface area contributed by atoms with Gasteiger partial charge < -0.3 is 5.32 Å². The van der Waals surface area contributed by atoms with Crippen LogP contribution in [0.2, 0.25) is 5.02 Å². The van der Waals surface area contributed by atoms with E-state index >= 15 is 0 Å². The second-order valence-electron chi connectivity index (χ2n) is 5.65. The summed E-state index contributed by atoms with van der Waals surface area (Å²) in [4.78, 5) is 12.1. The molecule has 0 saturated carbocycles. The molecule has 0 fully saturated rings. The Bertz CT molecular complexity index is 473. The van der Waals surface area contributed by atoms with Gasteiger partial charge >= 0.3 is 0 Å². The summed E-state index contributed by atoms with van der Waals surface area (Å²) in [6, 6.07) is 0.298. The molecule has 120 valence electrons. The van der Waals surface area contributed by atoms with Crippen molar-refractivity contribution in [1.29, 1.82) is 0 Å². The van der Waals surface area contributed by atoms with Gasteiger partial charge in [0.25, 0.3) is 5.56 Å². The first-order chi connectivity index (χ1) is 10.1. The highest BCUT2D eigenvalue weighted by Crippen LogP contribution is 2.18. The zero-order valence-electron chi connectivity index (χ0n) is 13.5. The lowest BCUT2D eigenvalue weighted by Gasteiger charge is -2.16. The van der Waals surface area contributed by atoms with E-state index in [1.165, 1.54) is 30.4 Å². The molecule has 0 aliphatic heterocycles. The molecule has 1 heterocycles. The summed E-state index contributed by atoms with van der Waals surface area (Å²) >= 11 is 6.17. The molecule has 5 heteroatoms. The van der Waals surface area contributed by atoms with Crippen LogP contribution in [-0.2, 0) is 6.54 Å². The third-order valence-corrected chi connectivity index (χ3v) is 3.97. The Morgan fingerprint density at radius 1 is 1.24 bits per heavy atom. The van der Waals surface area contributed by atoms with Gasteiger partial charge in [0.05, 0.1) is 11.9 Å². The van der Waals surface area contributed by atoms with Crippen molar-refractivity contribution >= 4 is 17.3 Å². The van der Waals surface area contributed by atoms with Crippen LogP contribution in [0.15, 0.2) is 11.0 Å². The lowest BCUT2D eigenvalue weighted by molar-refractivity contribution is 0.542. The molecule has 0 amide bonds. The van der Waals surface area contributed by atoms with Gasteiger partial charge in [0.1, 0.15) is 5.02 Å². The lowest BCUT2D eigenvalue weighted by atomic mass is 10.1. The molecule has 1 unspecified atom stereocenters. The van der Waals surface area contributed by atoms with Crippen molar-refractivity contribution in [3.8, 4) is 0 Å². The molecule has 1 aromatic heterocycles. The normalized spacial score (nSPS) is 12.4. The maximum atomic E-state index is 12.1. The Morgan fingerprint density at radius 2 is 1.95 bits per heavy atom. The van der Waals surface area contributed by atoms with Crippen LogP contribution in [-0.4, -0.2) is 15.8 Å². The summed E-state index contributed by atoms with van der Waals surface area (Å²) in [6.07, 6.45) is 9.69. The fraction of sp³-hybridized carbons (Fsp3) is 0.750. The summed E-state index contributed by atoms with van der Waals surface area (Å²) < 4.78 is 1.45. The second-order valence-corrected chi connectivity index (χ2v) is 6.03. The number of halogens is 1. The first kappa shape index (κ1) is 18.0. The average Bonchev–Trinajstić information content (AvgIpc) is 2.48. The van der Waals surface area contributed by atoms with E-state index in [9.17, 15) is 4.79 Å². The quantitative estimate of drug-likeness (QED) is 0.648. The fourth-order valence-corrected chi connectivity index (χ4v) is 2.45. The fourth-order valence-electron chi connectivity index (χ4n) is 2.25. The van der Waals surface area contributed by atoms with E-state index in [0.29, 0.717) is 18.3 Å². The zero-order valence-corrected chi connectivity index (χ0v) is 14.2. The summed E-state index contributed by atoms with van der Waals surface area (Å²) in [5.74, 6) is 0. The Hall–Kier alpha value is -1.03. The summed E-state index contributed by atoms with van der Waals surface area (Å²) in [6.45, 7) is 7.04. The van der Waals surface area contributed by atoms with Gasteiger partial charge in [-0.2, -0.15) is 5.10 Å². The van der Waals surface area contributed by atoms with E-state index in [-0.39, 0.29) is 10.6 Å². The van der Waals surface area contributed by atoms with Crippen molar-refractivity contribution in [2.75, 3.05) is 5.32 Å². The van der Waals surface area contributed by atoms with E-state index in [4.69, 9.17) is 11.6 Å². The molecule has 1 aromatic rings. The van der Waals surface area contributed by atoms with Gasteiger partial charge in [-0.05, 0) is 19.8 Å². The molecule has 0 aliphatic rings. The molecule has 0 aromatic carbocycles. The van der Waals surface area contributed by atoms with Crippen molar-refractivity contribution < 1.29 is 0 Å². The van der Waals surface area contributed by atoms with Crippen molar-refractivity contribution in [3.05, 3.63) is 21.6 Å². The third-order valence-electron chi connectivity index (χ3n) is 3.60. The Balaban J connectivity index is 2.59. The van der Waals surface area contributed by atoms with Crippen molar-refractivity contribution in [3.63, 3.8) is 0 Å². The monoisotopic (exact) mass is 313 g/mol. The number of hydrogen-bond donors (Lipinski definition) is 1. The smallest absolute Gasteiger partial charge is 0.287 e. The van der Waals surface area contributed by atoms with E-state index in [1.807, 2.05) is 0 Å². The number of unbranched alkanes of at least 4 members (excludes halogenated alkanes) is 4. The molecular formula is C16H28ClN3O. The Morgan fingerprint density at radius 3 is 2.62 bits per heavy atom. The number of aromatic nitrogens is 2. The van der Waals surface area contributed by atoms with E-state index in [2.05, 4.69) is 31.2 Å². The predicted molar refractivity (Wildman–Crippen MR) is 90.3 cm³/mol. The van der Waals surface area contributed by atoms with Gasteiger partial charge in [-0.25, -0.2) is 4.68 Å². The Labute approximate surface area is 132 Å². The highest BCUT2D eigenvalue weighted by Gasteiger charge is 2.11. The molecule has 1 rings (SSSR count). The average molecular weight is 314 g/mol. The molecule has 21 heavy (non-hydrogen) atoms. The number of hydrogen-bond acceptors (Lipinski definition) is 3. The van der Waals surface area contributed by atoms with Crippen LogP contribution < -0.4 is 10.9 Å².